The second kappa shape index (κ2) is 34.1. The van der Waals surface area contributed by atoms with E-state index in [9.17, 15) is 0 Å². The van der Waals surface area contributed by atoms with Crippen molar-refractivity contribution in [2.75, 3.05) is 132 Å². The predicted molar refractivity (Wildman–Crippen MR) is 161 cm³/mol. The van der Waals surface area contributed by atoms with Crippen LogP contribution in [0.5, 0.6) is 0 Å². The van der Waals surface area contributed by atoms with Crippen molar-refractivity contribution in [2.24, 2.45) is 5.41 Å². The third-order valence-corrected chi connectivity index (χ3v) is 5.67. The minimum absolute atomic E-state index is 0.445. The molecule has 0 radical (unpaired) electrons. The third-order valence-electron chi connectivity index (χ3n) is 5.67. The highest BCUT2D eigenvalue weighted by Gasteiger charge is 2.32. The molecule has 248 valence electrons. The van der Waals surface area contributed by atoms with E-state index < -0.39 is 5.41 Å². The van der Waals surface area contributed by atoms with Gasteiger partial charge < -0.3 is 47.4 Å². The molecule has 0 saturated heterocycles. The van der Waals surface area contributed by atoms with Gasteiger partial charge in [0, 0.05) is 52.9 Å². The molecule has 0 atom stereocenters. The van der Waals surface area contributed by atoms with Gasteiger partial charge in [-0.05, 0) is 38.5 Å². The van der Waals surface area contributed by atoms with Gasteiger partial charge in [0.2, 0.25) is 0 Å². The molecule has 0 amide bonds. The first-order valence-corrected chi connectivity index (χ1v) is 16.0. The van der Waals surface area contributed by atoms with Gasteiger partial charge in [-0.3, -0.25) is 0 Å². The largest absolute Gasteiger partial charge is 0.381 e. The van der Waals surface area contributed by atoms with Crippen molar-refractivity contribution in [3.63, 3.8) is 0 Å². The molecule has 0 N–H and O–H groups in total. The van der Waals surface area contributed by atoms with E-state index in [4.69, 9.17) is 47.4 Å². The Labute approximate surface area is 251 Å². The Morgan fingerprint density at radius 1 is 0.268 bits per heavy atom. The van der Waals surface area contributed by atoms with E-state index in [-0.39, 0.29) is 0 Å². The summed E-state index contributed by atoms with van der Waals surface area (Å²) in [6.45, 7) is 20.3. The van der Waals surface area contributed by atoms with Crippen molar-refractivity contribution < 1.29 is 47.4 Å². The molecule has 0 aliphatic carbocycles. The Balaban J connectivity index is 4.71. The van der Waals surface area contributed by atoms with E-state index in [0.717, 1.165) is 65.0 Å². The van der Waals surface area contributed by atoms with Crippen LogP contribution in [0.2, 0.25) is 0 Å². The fraction of sp³-hybridized carbons (Fsp3) is 1.00. The molecule has 0 unspecified atom stereocenters. The highest BCUT2D eigenvalue weighted by atomic mass is 16.6. The molecule has 10 nitrogen and oxygen atoms in total. The van der Waals surface area contributed by atoms with Gasteiger partial charge in [0.1, 0.15) is 0 Å². The molecule has 10 heteroatoms. The molecule has 0 aromatic rings. The summed E-state index contributed by atoms with van der Waals surface area (Å²) in [6, 6.07) is 0. The highest BCUT2D eigenvalue weighted by Crippen LogP contribution is 2.21. The van der Waals surface area contributed by atoms with Crippen molar-refractivity contribution in [1.82, 2.24) is 0 Å². The zero-order valence-corrected chi connectivity index (χ0v) is 27.0. The average Bonchev–Trinajstić information content (AvgIpc) is 2.98. The molecule has 0 aromatic carbocycles. The van der Waals surface area contributed by atoms with Gasteiger partial charge in [0.15, 0.2) is 0 Å². The van der Waals surface area contributed by atoms with Gasteiger partial charge in [0.05, 0.1) is 84.7 Å². The highest BCUT2D eigenvalue weighted by molar-refractivity contribution is 4.79. The number of ether oxygens (including phenoxy) is 10. The van der Waals surface area contributed by atoms with Gasteiger partial charge in [-0.15, -0.1) is 0 Å². The van der Waals surface area contributed by atoms with Crippen LogP contribution in [0, 0.1) is 5.41 Å². The Kier molecular flexibility index (Phi) is 33.8. The summed E-state index contributed by atoms with van der Waals surface area (Å²) < 4.78 is 57.7. The van der Waals surface area contributed by atoms with Crippen LogP contribution < -0.4 is 0 Å². The Hall–Kier alpha value is -0.400. The average molecular weight is 597 g/mol. The lowest BCUT2D eigenvalue weighted by Gasteiger charge is -2.33. The lowest BCUT2D eigenvalue weighted by molar-refractivity contribution is -0.116. The summed E-state index contributed by atoms with van der Waals surface area (Å²) in [5.74, 6) is 0. The summed E-state index contributed by atoms with van der Waals surface area (Å²) in [5.41, 5.74) is -0.445. The van der Waals surface area contributed by atoms with Crippen molar-refractivity contribution in [3.8, 4) is 0 Å². The molecule has 0 heterocycles. The van der Waals surface area contributed by atoms with Crippen LogP contribution in [0.3, 0.4) is 0 Å². The van der Waals surface area contributed by atoms with Gasteiger partial charge >= 0.3 is 0 Å². The number of rotatable bonds is 36. The molecule has 0 aliphatic heterocycles. The summed E-state index contributed by atoms with van der Waals surface area (Å²) in [7, 11) is 0. The maximum Gasteiger partial charge on any atom is 0.0700 e. The fourth-order valence-corrected chi connectivity index (χ4v) is 3.59. The first-order chi connectivity index (χ1) is 20.2. The molecule has 0 aliphatic rings. The van der Waals surface area contributed by atoms with Gasteiger partial charge in [-0.25, -0.2) is 0 Å². The first kappa shape index (κ1) is 40.6. The number of hydrogen-bond donors (Lipinski definition) is 0. The molecule has 41 heavy (non-hydrogen) atoms. The van der Waals surface area contributed by atoms with Crippen LogP contribution in [0.15, 0.2) is 0 Å². The first-order valence-electron chi connectivity index (χ1n) is 16.0. The van der Waals surface area contributed by atoms with Crippen molar-refractivity contribution >= 4 is 0 Å². The van der Waals surface area contributed by atoms with E-state index in [2.05, 4.69) is 27.7 Å². The summed E-state index contributed by atoms with van der Waals surface area (Å²) in [6.07, 6.45) is 5.64. The van der Waals surface area contributed by atoms with Crippen LogP contribution in [0.25, 0.3) is 0 Å². The molecule has 0 aromatic heterocycles. The van der Waals surface area contributed by atoms with E-state index in [1.807, 2.05) is 0 Å². The molecule has 0 bridgehead atoms. The van der Waals surface area contributed by atoms with Gasteiger partial charge in [-0.1, -0.05) is 27.7 Å². The topological polar surface area (TPSA) is 92.3 Å². The second-order valence-electron chi connectivity index (χ2n) is 10.1. The van der Waals surface area contributed by atoms with E-state index in [1.54, 1.807) is 0 Å². The number of hydrogen-bond acceptors (Lipinski definition) is 10. The molecule has 0 saturated carbocycles. The van der Waals surface area contributed by atoms with Crippen molar-refractivity contribution in [2.45, 2.75) is 66.2 Å². The maximum atomic E-state index is 6.13. The molecule has 0 fully saturated rings. The smallest absolute Gasteiger partial charge is 0.0700 e. The molecule has 0 spiro atoms. The molecular weight excluding hydrogens is 532 g/mol. The van der Waals surface area contributed by atoms with Gasteiger partial charge in [-0.2, -0.15) is 0 Å². The van der Waals surface area contributed by atoms with E-state index in [0.29, 0.717) is 106 Å². The monoisotopic (exact) mass is 596 g/mol. The lowest BCUT2D eigenvalue weighted by Crippen LogP contribution is -2.42. The van der Waals surface area contributed by atoms with Crippen LogP contribution in [0.1, 0.15) is 66.2 Å². The third kappa shape index (κ3) is 29.5. The predicted octanol–water partition coefficient (Wildman–Crippen LogP) is 4.56. The van der Waals surface area contributed by atoms with Crippen LogP contribution in [0.4, 0.5) is 0 Å². The standard InChI is InChI=1S/C31H64O10/c1-5-11-32-19-21-36-15-9-17-38-27-31(29-40-25-23-34-13-7-3,30-41-26-24-35-14-8-4)28-39-18-10-16-37-22-20-33-12-6-2/h5-30H2,1-4H3. The normalized spacial score (nSPS) is 12.0. The molecule has 0 rings (SSSR count). The minimum Gasteiger partial charge on any atom is -0.381 e. The lowest BCUT2D eigenvalue weighted by atomic mass is 9.92. The Bertz CT molecular complexity index is 442. The summed E-state index contributed by atoms with van der Waals surface area (Å²) in [5, 5.41) is 0. The van der Waals surface area contributed by atoms with Crippen molar-refractivity contribution in [3.05, 3.63) is 0 Å². The zero-order chi connectivity index (χ0) is 30.0. The molecular formula is C31H64O10. The minimum atomic E-state index is -0.445. The SMILES string of the molecule is CCCOCCOCCCOCC(COCCCOCCOCCC)(COCCOCCC)COCCOCCC. The van der Waals surface area contributed by atoms with Crippen molar-refractivity contribution in [1.29, 1.82) is 0 Å². The summed E-state index contributed by atoms with van der Waals surface area (Å²) >= 11 is 0. The summed E-state index contributed by atoms with van der Waals surface area (Å²) in [4.78, 5) is 0. The zero-order valence-electron chi connectivity index (χ0n) is 27.0. The van der Waals surface area contributed by atoms with E-state index in [1.165, 1.54) is 0 Å². The fourth-order valence-electron chi connectivity index (χ4n) is 3.59. The van der Waals surface area contributed by atoms with Crippen LogP contribution in [-0.4, -0.2) is 132 Å². The van der Waals surface area contributed by atoms with Gasteiger partial charge in [0.25, 0.3) is 0 Å². The second-order valence-corrected chi connectivity index (χ2v) is 10.1. The quantitative estimate of drug-likeness (QED) is 0.0959. The van der Waals surface area contributed by atoms with E-state index >= 15 is 0 Å². The van der Waals surface area contributed by atoms with Crippen LogP contribution >= 0.6 is 0 Å². The Morgan fingerprint density at radius 2 is 0.488 bits per heavy atom. The Morgan fingerprint density at radius 3 is 0.780 bits per heavy atom. The maximum absolute atomic E-state index is 6.13. The van der Waals surface area contributed by atoms with Crippen LogP contribution in [-0.2, 0) is 47.4 Å².